The zero-order chi connectivity index (χ0) is 22.1. The van der Waals surface area contributed by atoms with E-state index >= 15 is 0 Å². The maximum Gasteiger partial charge on any atom is 0.505 e. The summed E-state index contributed by atoms with van der Waals surface area (Å²) in [6.07, 6.45) is 0. The van der Waals surface area contributed by atoms with Crippen molar-refractivity contribution < 1.29 is 13.3 Å². The van der Waals surface area contributed by atoms with Crippen molar-refractivity contribution in [3.05, 3.63) is 53.6 Å². The summed E-state index contributed by atoms with van der Waals surface area (Å²) < 4.78 is 20.6. The molecule has 0 N–H and O–H groups in total. The normalized spacial score (nSPS) is 12.0. The van der Waals surface area contributed by atoms with E-state index in [0.717, 1.165) is 9.86 Å². The fourth-order valence-electron chi connectivity index (χ4n) is 3.08. The number of rotatable bonds is 13. The van der Waals surface area contributed by atoms with Crippen LogP contribution in [0.2, 0.25) is 0 Å². The lowest BCUT2D eigenvalue weighted by Crippen LogP contribution is -2.48. The summed E-state index contributed by atoms with van der Waals surface area (Å²) in [6.45, 7) is 9.87. The minimum Gasteiger partial charge on any atom is -0.374 e. The van der Waals surface area contributed by atoms with Gasteiger partial charge in [0, 0.05) is 30.8 Å². The molecule has 168 valence electrons. The van der Waals surface area contributed by atoms with Gasteiger partial charge in [-0.15, -0.1) is 11.3 Å². The van der Waals surface area contributed by atoms with Gasteiger partial charge in [0.25, 0.3) is 0 Å². The van der Waals surface area contributed by atoms with Gasteiger partial charge in [0.15, 0.2) is 4.34 Å². The van der Waals surface area contributed by atoms with E-state index in [1.165, 1.54) is 20.7 Å². The number of nitrogens with zero attached hydrogens (tertiary/aromatic N) is 1. The number of benzene rings is 2. The Balaban J connectivity index is 1.65. The molecule has 0 aliphatic heterocycles. The van der Waals surface area contributed by atoms with Crippen molar-refractivity contribution in [3.8, 4) is 0 Å². The second-order valence-electron chi connectivity index (χ2n) is 6.52. The van der Waals surface area contributed by atoms with Crippen molar-refractivity contribution in [2.75, 3.05) is 19.8 Å². The first kappa shape index (κ1) is 25.4. The first-order valence-corrected chi connectivity index (χ1v) is 17.7. The monoisotopic (exact) mass is 529 g/mol. The Morgan fingerprint density at radius 2 is 1.58 bits per heavy atom. The van der Waals surface area contributed by atoms with Crippen molar-refractivity contribution in [2.45, 2.75) is 43.0 Å². The average Bonchev–Trinajstić information content (AvgIpc) is 3.16. The van der Waals surface area contributed by atoms with E-state index in [0.29, 0.717) is 25.9 Å². The van der Waals surface area contributed by atoms with Crippen molar-refractivity contribution >= 4 is 71.6 Å². The van der Waals surface area contributed by atoms with Gasteiger partial charge in [0.2, 0.25) is 0 Å². The van der Waals surface area contributed by atoms with Crippen LogP contribution in [0.3, 0.4) is 0 Å². The lowest BCUT2D eigenvalue weighted by molar-refractivity contribution is 0.0702. The molecule has 0 fully saturated rings. The molecule has 0 saturated carbocycles. The second kappa shape index (κ2) is 12.9. The van der Waals surface area contributed by atoms with E-state index in [9.17, 15) is 0 Å². The number of fused-ring (bicyclic) bond motifs is 1. The maximum absolute atomic E-state index is 6.08. The van der Waals surface area contributed by atoms with Gasteiger partial charge < -0.3 is 13.3 Å². The molecule has 0 amide bonds. The molecule has 1 aromatic heterocycles. The average molecular weight is 530 g/mol. The minimum absolute atomic E-state index is 0.587. The third-order valence-corrected chi connectivity index (χ3v) is 14.7. The highest BCUT2D eigenvalue weighted by Gasteiger charge is 2.41. The van der Waals surface area contributed by atoms with Crippen LogP contribution >= 0.6 is 52.6 Å². The van der Waals surface area contributed by atoms with E-state index in [-0.39, 0.29) is 0 Å². The van der Waals surface area contributed by atoms with E-state index in [4.69, 9.17) is 18.3 Å². The van der Waals surface area contributed by atoms with Gasteiger partial charge in [-0.25, -0.2) is 4.98 Å². The number of hydrogen-bond acceptors (Lipinski definition) is 9. The second-order valence-corrected chi connectivity index (χ2v) is 16.1. The summed E-state index contributed by atoms with van der Waals surface area (Å²) in [7, 11) is 4.22. The summed E-state index contributed by atoms with van der Waals surface area (Å²) in [6, 6.07) is 15.5. The van der Waals surface area contributed by atoms with Crippen LogP contribution in [0, 0.1) is 6.92 Å². The Bertz CT molecular complexity index is 921. The third kappa shape index (κ3) is 7.41. The highest BCUT2D eigenvalue weighted by atomic mass is 33.7. The number of aromatic nitrogens is 1. The highest BCUT2D eigenvalue weighted by molar-refractivity contribution is 9.26. The molecule has 0 bridgehead atoms. The molecule has 0 atom stereocenters. The zero-order valence-electron chi connectivity index (χ0n) is 18.1. The van der Waals surface area contributed by atoms with E-state index in [1.807, 2.05) is 26.8 Å². The number of thiazole rings is 1. The molecule has 3 aromatic rings. The van der Waals surface area contributed by atoms with Gasteiger partial charge in [-0.3, -0.25) is 0 Å². The molecular formula is C21H27NO3S5Si. The van der Waals surface area contributed by atoms with Crippen LogP contribution in [0.15, 0.2) is 51.7 Å². The Morgan fingerprint density at radius 1 is 0.903 bits per heavy atom. The standard InChI is InChI=1S/C21H27NO3S5Si/c1-5-23-31(24-6-2,25-7-3)15-17-14-16(4)12-13-19(17)27-29-30-28-21-22-18-10-8-9-11-20(18)26-21/h8-14H,5-7,15H2,1-4H3. The van der Waals surface area contributed by atoms with Crippen LogP contribution in [-0.4, -0.2) is 33.6 Å². The molecular weight excluding hydrogens is 503 g/mol. The zero-order valence-corrected chi connectivity index (χ0v) is 23.2. The van der Waals surface area contributed by atoms with E-state index < -0.39 is 8.80 Å². The summed E-state index contributed by atoms with van der Waals surface area (Å²) in [5.41, 5.74) is 3.52. The van der Waals surface area contributed by atoms with Crippen LogP contribution in [0.1, 0.15) is 31.9 Å². The topological polar surface area (TPSA) is 40.6 Å². The maximum atomic E-state index is 6.08. The van der Waals surface area contributed by atoms with Crippen molar-refractivity contribution in [1.82, 2.24) is 4.98 Å². The summed E-state index contributed by atoms with van der Waals surface area (Å²) >= 11 is 1.74. The molecule has 0 spiro atoms. The predicted octanol–water partition coefficient (Wildman–Crippen LogP) is 7.83. The van der Waals surface area contributed by atoms with Crippen molar-refractivity contribution in [3.63, 3.8) is 0 Å². The van der Waals surface area contributed by atoms with Gasteiger partial charge in [-0.05, 0) is 92.7 Å². The van der Waals surface area contributed by atoms with Crippen LogP contribution in [0.25, 0.3) is 10.2 Å². The Hall–Kier alpha value is -0.173. The van der Waals surface area contributed by atoms with Gasteiger partial charge in [0.1, 0.15) is 0 Å². The predicted molar refractivity (Wildman–Crippen MR) is 142 cm³/mol. The Kier molecular flexibility index (Phi) is 10.6. The molecule has 3 rings (SSSR count). The lowest BCUT2D eigenvalue weighted by atomic mass is 10.2. The molecule has 2 aromatic carbocycles. The lowest BCUT2D eigenvalue weighted by Gasteiger charge is -2.29. The Labute approximate surface area is 205 Å². The van der Waals surface area contributed by atoms with Crippen LogP contribution in [-0.2, 0) is 19.3 Å². The third-order valence-electron chi connectivity index (χ3n) is 4.25. The highest BCUT2D eigenvalue weighted by Crippen LogP contribution is 2.51. The molecule has 0 unspecified atom stereocenters. The quantitative estimate of drug-likeness (QED) is 0.126. The molecule has 1 heterocycles. The van der Waals surface area contributed by atoms with Crippen molar-refractivity contribution in [2.24, 2.45) is 0 Å². The number of para-hydroxylation sites is 1. The Morgan fingerprint density at radius 3 is 2.26 bits per heavy atom. The number of aryl methyl sites for hydroxylation is 1. The molecule has 0 radical (unpaired) electrons. The van der Waals surface area contributed by atoms with Gasteiger partial charge in [0.05, 0.1) is 10.2 Å². The first-order chi connectivity index (χ1) is 15.1. The van der Waals surface area contributed by atoms with Crippen LogP contribution in [0.5, 0.6) is 0 Å². The molecule has 0 aliphatic carbocycles. The van der Waals surface area contributed by atoms with Gasteiger partial charge in [-0.1, -0.05) is 29.8 Å². The fourth-order valence-corrected chi connectivity index (χ4v) is 13.0. The number of hydrogen-bond donors (Lipinski definition) is 0. The molecule has 31 heavy (non-hydrogen) atoms. The smallest absolute Gasteiger partial charge is 0.374 e. The largest absolute Gasteiger partial charge is 0.505 e. The first-order valence-electron chi connectivity index (χ1n) is 10.1. The van der Waals surface area contributed by atoms with Gasteiger partial charge in [-0.2, -0.15) is 0 Å². The summed E-state index contributed by atoms with van der Waals surface area (Å²) in [5.74, 6) is 0. The van der Waals surface area contributed by atoms with Crippen LogP contribution < -0.4 is 0 Å². The SMILES string of the molecule is CCO[Si](Cc1cc(C)ccc1SSSSc1nc2ccccc2s1)(OCC)OCC. The fraction of sp³-hybridized carbons (Fsp3) is 0.381. The molecule has 4 nitrogen and oxygen atoms in total. The van der Waals surface area contributed by atoms with Crippen LogP contribution in [0.4, 0.5) is 0 Å². The van der Waals surface area contributed by atoms with Crippen molar-refractivity contribution in [1.29, 1.82) is 0 Å². The summed E-state index contributed by atoms with van der Waals surface area (Å²) in [5, 5.41) is 0. The molecule has 10 heteroatoms. The molecule has 0 saturated heterocycles. The van der Waals surface area contributed by atoms with E-state index in [2.05, 4.69) is 43.3 Å². The van der Waals surface area contributed by atoms with E-state index in [1.54, 1.807) is 52.6 Å². The van der Waals surface area contributed by atoms with Gasteiger partial charge >= 0.3 is 8.80 Å². The molecule has 0 aliphatic rings. The minimum atomic E-state index is -2.75. The summed E-state index contributed by atoms with van der Waals surface area (Å²) in [4.78, 5) is 5.92.